The number of carboxylic acids is 1. The Morgan fingerprint density at radius 1 is 1.35 bits per heavy atom. The molecular weight excluding hydrogens is 432 g/mol. The van der Waals surface area contributed by atoms with Crippen LogP contribution in [0.2, 0.25) is 0 Å². The number of carboxylic acid groups (broad SMARTS) is 1. The summed E-state index contributed by atoms with van der Waals surface area (Å²) in [5.41, 5.74) is 12.1. The third kappa shape index (κ3) is 5.46. The topological polar surface area (TPSA) is 133 Å². The van der Waals surface area contributed by atoms with Gasteiger partial charge in [-0.3, -0.25) is 0 Å². The molecule has 2 aromatic heterocycles. The number of anilines is 1. The van der Waals surface area contributed by atoms with Crippen LogP contribution in [0, 0.1) is 3.70 Å². The molecule has 12 heteroatoms. The molecule has 5 N–H and O–H groups in total. The van der Waals surface area contributed by atoms with E-state index in [0.717, 1.165) is 34.1 Å². The lowest BCUT2D eigenvalue weighted by atomic mass is 10.3. The molecule has 0 saturated carbocycles. The van der Waals surface area contributed by atoms with Gasteiger partial charge in [-0.25, -0.2) is 19.4 Å². The minimum absolute atomic E-state index is 0.486. The highest BCUT2D eigenvalue weighted by molar-refractivity contribution is 14.1. The summed E-state index contributed by atoms with van der Waals surface area (Å²) in [7, 11) is 0. The number of unbranched alkanes of at least 4 members (excludes halogenated alkanes) is 1. The van der Waals surface area contributed by atoms with Crippen LogP contribution in [-0.4, -0.2) is 43.5 Å². The first-order valence-electron chi connectivity index (χ1n) is 6.31. The predicted octanol–water partition coefficient (Wildman–Crippen LogP) is 1.39. The molecule has 0 saturated heterocycles. The zero-order valence-electron chi connectivity index (χ0n) is 11.7. The molecule has 2 aromatic rings. The van der Waals surface area contributed by atoms with Crippen LogP contribution in [0.15, 0.2) is 6.33 Å². The molecule has 0 aromatic carbocycles. The van der Waals surface area contributed by atoms with Crippen molar-refractivity contribution in [2.75, 3.05) is 12.3 Å². The first-order chi connectivity index (χ1) is 10.7. The van der Waals surface area contributed by atoms with E-state index in [2.05, 4.69) is 37.7 Å². The van der Waals surface area contributed by atoms with Gasteiger partial charge in [0.25, 0.3) is 0 Å². The Morgan fingerprint density at radius 3 is 2.48 bits per heavy atom. The fourth-order valence-corrected chi connectivity index (χ4v) is 2.33. The maximum absolute atomic E-state index is 10.6. The Labute approximate surface area is 142 Å². The molecule has 23 heavy (non-hydrogen) atoms. The number of aromatic nitrogens is 4. The number of hydrogen-bond acceptors (Lipinski definition) is 6. The van der Waals surface area contributed by atoms with Gasteiger partial charge in [-0.05, 0) is 42.0 Å². The van der Waals surface area contributed by atoms with Gasteiger partial charge in [-0.15, -0.1) is 0 Å². The number of nitrogens with zero attached hydrogens (tertiary/aromatic N) is 4. The Bertz CT molecular complexity index is 676. The van der Waals surface area contributed by atoms with Crippen LogP contribution < -0.4 is 11.5 Å². The van der Waals surface area contributed by atoms with E-state index < -0.39 is 12.1 Å². The van der Waals surface area contributed by atoms with Crippen LogP contribution >= 0.6 is 22.6 Å². The van der Waals surface area contributed by atoms with Crippen molar-refractivity contribution in [2.24, 2.45) is 5.73 Å². The van der Waals surface area contributed by atoms with Gasteiger partial charge in [0.1, 0.15) is 15.8 Å². The van der Waals surface area contributed by atoms with Crippen molar-refractivity contribution in [2.45, 2.75) is 25.6 Å². The summed E-state index contributed by atoms with van der Waals surface area (Å²) in [4.78, 5) is 17.1. The van der Waals surface area contributed by atoms with Crippen molar-refractivity contribution in [3.63, 3.8) is 0 Å². The molecule has 0 bridgehead atoms. The summed E-state index contributed by atoms with van der Waals surface area (Å²) >= 11 is 2.15. The molecule has 0 aliphatic heterocycles. The highest BCUT2D eigenvalue weighted by atomic mass is 127. The second-order valence-electron chi connectivity index (χ2n) is 4.27. The van der Waals surface area contributed by atoms with Crippen molar-refractivity contribution in [3.8, 4) is 0 Å². The highest BCUT2D eigenvalue weighted by Gasteiger charge is 2.38. The summed E-state index contributed by atoms with van der Waals surface area (Å²) in [6, 6.07) is 0. The van der Waals surface area contributed by atoms with E-state index >= 15 is 0 Å². The summed E-state index contributed by atoms with van der Waals surface area (Å²) in [6.45, 7) is 1.51. The van der Waals surface area contributed by atoms with Gasteiger partial charge in [0.05, 0.1) is 5.39 Å². The summed E-state index contributed by atoms with van der Waals surface area (Å²) < 4.78 is 34.4. The summed E-state index contributed by atoms with van der Waals surface area (Å²) in [5, 5.41) is 12.4. The molecule has 8 nitrogen and oxygen atoms in total. The zero-order chi connectivity index (χ0) is 17.6. The predicted molar refractivity (Wildman–Crippen MR) is 84.4 cm³/mol. The van der Waals surface area contributed by atoms with Crippen molar-refractivity contribution in [1.29, 1.82) is 0 Å². The molecule has 0 unspecified atom stereocenters. The lowest BCUT2D eigenvalue weighted by Gasteiger charge is -2.01. The largest absolute Gasteiger partial charge is 0.490 e. The standard InChI is InChI=1S/C9H13IN6.C2HF3O2/c10-7-6-8(12)13-5-14-9(6)16(15-7)4-2-1-3-11;3-2(4,5)1(6)7/h5H,1-4,11H2,(H2,12,13,14);(H,6,7). The normalized spacial score (nSPS) is 11.2. The first kappa shape index (κ1) is 19.3. The minimum Gasteiger partial charge on any atom is -0.475 e. The fourth-order valence-electron chi connectivity index (χ4n) is 1.55. The van der Waals surface area contributed by atoms with Gasteiger partial charge in [0.2, 0.25) is 0 Å². The van der Waals surface area contributed by atoms with Gasteiger partial charge >= 0.3 is 12.1 Å². The molecule has 128 valence electrons. The zero-order valence-corrected chi connectivity index (χ0v) is 13.9. The van der Waals surface area contributed by atoms with E-state index in [0.29, 0.717) is 12.4 Å². The van der Waals surface area contributed by atoms with Crippen molar-refractivity contribution >= 4 is 45.4 Å². The quantitative estimate of drug-likeness (QED) is 0.478. The molecule has 2 heterocycles. The average Bonchev–Trinajstić information content (AvgIpc) is 2.77. The van der Waals surface area contributed by atoms with Gasteiger partial charge < -0.3 is 16.6 Å². The van der Waals surface area contributed by atoms with Crippen LogP contribution in [0.5, 0.6) is 0 Å². The van der Waals surface area contributed by atoms with Crippen molar-refractivity contribution < 1.29 is 23.1 Å². The van der Waals surface area contributed by atoms with Crippen molar-refractivity contribution in [1.82, 2.24) is 19.7 Å². The maximum Gasteiger partial charge on any atom is 0.490 e. The number of nitrogen functional groups attached to an aromatic ring is 1. The molecule has 0 fully saturated rings. The van der Waals surface area contributed by atoms with Gasteiger partial charge in [-0.2, -0.15) is 18.3 Å². The summed E-state index contributed by atoms with van der Waals surface area (Å²) in [6.07, 6.45) is -1.64. The Balaban J connectivity index is 0.000000322. The van der Waals surface area contributed by atoms with E-state index in [1.807, 2.05) is 4.68 Å². The molecule has 0 atom stereocenters. The second kappa shape index (κ2) is 8.24. The van der Waals surface area contributed by atoms with Crippen LogP contribution in [0.25, 0.3) is 11.0 Å². The average molecular weight is 446 g/mol. The number of nitrogens with two attached hydrogens (primary N) is 2. The van der Waals surface area contributed by atoms with E-state index in [4.69, 9.17) is 21.4 Å². The molecule has 0 radical (unpaired) electrons. The number of fused-ring (bicyclic) bond motifs is 1. The van der Waals surface area contributed by atoms with Gasteiger partial charge in [0.15, 0.2) is 5.65 Å². The third-order valence-electron chi connectivity index (χ3n) is 2.58. The SMILES string of the molecule is NCCCCn1nc(I)c2c(N)ncnc21.O=C(O)C(F)(F)F. The molecular formula is C11H14F3IN6O2. The van der Waals surface area contributed by atoms with Gasteiger partial charge in [-0.1, -0.05) is 0 Å². The van der Waals surface area contributed by atoms with E-state index in [1.165, 1.54) is 6.33 Å². The smallest absolute Gasteiger partial charge is 0.475 e. The number of rotatable bonds is 4. The molecule has 2 rings (SSSR count). The fraction of sp³-hybridized carbons (Fsp3) is 0.455. The first-order valence-corrected chi connectivity index (χ1v) is 7.39. The lowest BCUT2D eigenvalue weighted by Crippen LogP contribution is -2.21. The van der Waals surface area contributed by atoms with Crippen LogP contribution in [0.4, 0.5) is 19.0 Å². The number of halogens is 4. The Morgan fingerprint density at radius 2 is 1.96 bits per heavy atom. The summed E-state index contributed by atoms with van der Waals surface area (Å²) in [5.74, 6) is -2.27. The minimum atomic E-state index is -5.08. The molecule has 0 aliphatic carbocycles. The number of alkyl halides is 3. The van der Waals surface area contributed by atoms with E-state index in [-0.39, 0.29) is 0 Å². The number of hydrogen-bond donors (Lipinski definition) is 3. The number of aryl methyl sites for hydroxylation is 1. The number of aliphatic carboxylic acids is 1. The Kier molecular flexibility index (Phi) is 6.93. The lowest BCUT2D eigenvalue weighted by molar-refractivity contribution is -0.192. The van der Waals surface area contributed by atoms with Gasteiger partial charge in [0, 0.05) is 6.54 Å². The highest BCUT2D eigenvalue weighted by Crippen LogP contribution is 2.22. The monoisotopic (exact) mass is 446 g/mol. The molecule has 0 spiro atoms. The van der Waals surface area contributed by atoms with Crippen LogP contribution in [-0.2, 0) is 11.3 Å². The second-order valence-corrected chi connectivity index (χ2v) is 5.29. The maximum atomic E-state index is 10.6. The molecule has 0 aliphatic rings. The van der Waals surface area contributed by atoms with E-state index in [9.17, 15) is 13.2 Å². The third-order valence-corrected chi connectivity index (χ3v) is 3.34. The number of carbonyl (C=O) groups is 1. The molecule has 0 amide bonds. The van der Waals surface area contributed by atoms with Crippen LogP contribution in [0.1, 0.15) is 12.8 Å². The van der Waals surface area contributed by atoms with E-state index in [1.54, 1.807) is 0 Å². The van der Waals surface area contributed by atoms with Crippen molar-refractivity contribution in [3.05, 3.63) is 10.0 Å². The Hall–Kier alpha value is -1.70. The van der Waals surface area contributed by atoms with Crippen LogP contribution in [0.3, 0.4) is 0 Å².